The summed E-state index contributed by atoms with van der Waals surface area (Å²) in [5.41, 5.74) is 0.919. The van der Waals surface area contributed by atoms with Gasteiger partial charge in [-0.3, -0.25) is 0 Å². The Morgan fingerprint density at radius 3 is 2.44 bits per heavy atom. The van der Waals surface area contributed by atoms with Crippen molar-refractivity contribution in [1.29, 1.82) is 0 Å². The van der Waals surface area contributed by atoms with E-state index in [4.69, 9.17) is 0 Å². The average Bonchev–Trinajstić information content (AvgIpc) is 1.90. The molecule has 0 bridgehead atoms. The van der Waals surface area contributed by atoms with Crippen molar-refractivity contribution in [2.45, 2.75) is 6.92 Å². The van der Waals surface area contributed by atoms with E-state index in [1.165, 1.54) is 0 Å². The zero-order valence-corrected chi connectivity index (χ0v) is 4.90. The van der Waals surface area contributed by atoms with Gasteiger partial charge in [0.15, 0.2) is 0 Å². The minimum Gasteiger partial charge on any atom is -0.217 e. The third-order valence-electron chi connectivity index (χ3n) is 0.849. The second-order valence-corrected chi connectivity index (χ2v) is 1.65. The third kappa shape index (κ3) is 1.28. The van der Waals surface area contributed by atoms with E-state index < -0.39 is 0 Å². The topological polar surface area (TPSA) is 55.2 Å². The lowest BCUT2D eigenvalue weighted by atomic mass is 10.4. The number of nitrogens with zero attached hydrogens (tertiary/aromatic N) is 3. The van der Waals surface area contributed by atoms with Crippen molar-refractivity contribution in [3.8, 4) is 0 Å². The van der Waals surface area contributed by atoms with E-state index in [9.17, 15) is 4.91 Å². The molecule has 4 heteroatoms. The summed E-state index contributed by atoms with van der Waals surface area (Å²) in [7, 11) is 0. The Labute approximate surface area is 51.9 Å². The first-order valence-electron chi connectivity index (χ1n) is 2.45. The van der Waals surface area contributed by atoms with Gasteiger partial charge < -0.3 is 0 Å². The molecule has 9 heavy (non-hydrogen) atoms. The summed E-state index contributed by atoms with van der Waals surface area (Å²) >= 11 is 0. The highest BCUT2D eigenvalue weighted by atomic mass is 16.3. The van der Waals surface area contributed by atoms with Gasteiger partial charge in [0.2, 0.25) is 0 Å². The van der Waals surface area contributed by atoms with Gasteiger partial charge in [0.25, 0.3) is 5.95 Å². The first kappa shape index (κ1) is 5.81. The molecule has 0 fully saturated rings. The predicted octanol–water partition coefficient (Wildman–Crippen LogP) is 1.18. The summed E-state index contributed by atoms with van der Waals surface area (Å²) in [5, 5.41) is 2.54. The number of hydrogen-bond donors (Lipinski definition) is 0. The quantitative estimate of drug-likeness (QED) is 0.527. The molecule has 0 aliphatic rings. The molecule has 46 valence electrons. The fourth-order valence-corrected chi connectivity index (χ4v) is 0.433. The summed E-state index contributed by atoms with van der Waals surface area (Å²) in [6, 6.07) is 0. The minimum absolute atomic E-state index is 0.0133. The molecule has 0 saturated carbocycles. The molecule has 1 aromatic heterocycles. The molecule has 0 N–H and O–H groups in total. The Kier molecular flexibility index (Phi) is 1.48. The summed E-state index contributed by atoms with van der Waals surface area (Å²) in [6.07, 6.45) is 3.09. The fraction of sp³-hybridized carbons (Fsp3) is 0.200. The molecule has 4 nitrogen and oxygen atoms in total. The van der Waals surface area contributed by atoms with Crippen molar-refractivity contribution >= 4 is 5.95 Å². The number of hydrogen-bond acceptors (Lipinski definition) is 4. The van der Waals surface area contributed by atoms with Crippen LogP contribution in [0.25, 0.3) is 0 Å². The molecule has 1 heterocycles. The van der Waals surface area contributed by atoms with Gasteiger partial charge in [-0.25, -0.2) is 9.97 Å². The lowest BCUT2D eigenvalue weighted by molar-refractivity contribution is 1.10. The molecular formula is C5H5N3O. The van der Waals surface area contributed by atoms with Crippen LogP contribution in [0.2, 0.25) is 0 Å². The molecule has 0 amide bonds. The highest BCUT2D eigenvalue weighted by Crippen LogP contribution is 1.99. The van der Waals surface area contributed by atoms with Crippen molar-refractivity contribution < 1.29 is 0 Å². The van der Waals surface area contributed by atoms with E-state index in [2.05, 4.69) is 15.1 Å². The zero-order chi connectivity index (χ0) is 6.69. The normalized spacial score (nSPS) is 9.00. The van der Waals surface area contributed by atoms with Crippen LogP contribution in [-0.4, -0.2) is 9.97 Å². The van der Waals surface area contributed by atoms with E-state index >= 15 is 0 Å². The maximum absolute atomic E-state index is 9.74. The number of rotatable bonds is 1. The van der Waals surface area contributed by atoms with Crippen LogP contribution in [0, 0.1) is 11.8 Å². The summed E-state index contributed by atoms with van der Waals surface area (Å²) in [6.45, 7) is 1.84. The van der Waals surface area contributed by atoms with Crippen molar-refractivity contribution in [2.75, 3.05) is 0 Å². The Morgan fingerprint density at radius 2 is 2.00 bits per heavy atom. The molecule has 1 aromatic rings. The van der Waals surface area contributed by atoms with Gasteiger partial charge in [-0.05, 0) is 12.5 Å². The molecule has 0 saturated heterocycles. The molecule has 0 atom stereocenters. The lowest BCUT2D eigenvalue weighted by Crippen LogP contribution is -1.79. The van der Waals surface area contributed by atoms with E-state index in [1.54, 1.807) is 12.4 Å². The lowest BCUT2D eigenvalue weighted by Gasteiger charge is -1.86. The second kappa shape index (κ2) is 2.30. The summed E-state index contributed by atoms with van der Waals surface area (Å²) < 4.78 is 0. The minimum atomic E-state index is -0.0133. The largest absolute Gasteiger partial charge is 0.290 e. The van der Waals surface area contributed by atoms with Gasteiger partial charge in [0.05, 0.1) is 0 Å². The molecular weight excluding hydrogens is 118 g/mol. The van der Waals surface area contributed by atoms with Gasteiger partial charge in [-0.15, -0.1) is 4.91 Å². The first-order valence-corrected chi connectivity index (χ1v) is 2.45. The maximum atomic E-state index is 9.74. The highest BCUT2D eigenvalue weighted by Gasteiger charge is 1.89. The summed E-state index contributed by atoms with van der Waals surface area (Å²) in [5.74, 6) is -0.0133. The van der Waals surface area contributed by atoms with Crippen LogP contribution < -0.4 is 0 Å². The van der Waals surface area contributed by atoms with Crippen molar-refractivity contribution in [3.63, 3.8) is 0 Å². The van der Waals surface area contributed by atoms with Gasteiger partial charge in [0.1, 0.15) is 0 Å². The first-order chi connectivity index (χ1) is 4.33. The van der Waals surface area contributed by atoms with Crippen LogP contribution in [0.3, 0.4) is 0 Å². The smallest absolute Gasteiger partial charge is 0.217 e. The highest BCUT2D eigenvalue weighted by molar-refractivity contribution is 5.14. The van der Waals surface area contributed by atoms with Crippen LogP contribution >= 0.6 is 0 Å². The van der Waals surface area contributed by atoms with E-state index in [1.807, 2.05) is 6.92 Å². The predicted molar refractivity (Wildman–Crippen MR) is 32.2 cm³/mol. The van der Waals surface area contributed by atoms with Gasteiger partial charge in [-0.1, -0.05) is 0 Å². The Balaban J connectivity index is 3.01. The monoisotopic (exact) mass is 123 g/mol. The summed E-state index contributed by atoms with van der Waals surface area (Å²) in [4.78, 5) is 17.0. The van der Waals surface area contributed by atoms with Gasteiger partial charge >= 0.3 is 0 Å². The molecule has 0 unspecified atom stereocenters. The number of aryl methyl sites for hydroxylation is 1. The van der Waals surface area contributed by atoms with E-state index in [-0.39, 0.29) is 5.95 Å². The Hall–Kier alpha value is -1.32. The van der Waals surface area contributed by atoms with Gasteiger partial charge in [0, 0.05) is 17.6 Å². The van der Waals surface area contributed by atoms with Crippen molar-refractivity contribution in [3.05, 3.63) is 22.9 Å². The van der Waals surface area contributed by atoms with Crippen LogP contribution in [0.5, 0.6) is 0 Å². The Bertz CT molecular complexity index is 206. The molecule has 0 spiro atoms. The van der Waals surface area contributed by atoms with Crippen molar-refractivity contribution in [2.24, 2.45) is 5.18 Å². The average molecular weight is 123 g/mol. The van der Waals surface area contributed by atoms with Gasteiger partial charge in [-0.2, -0.15) is 0 Å². The molecule has 0 radical (unpaired) electrons. The van der Waals surface area contributed by atoms with Crippen LogP contribution in [0.15, 0.2) is 17.6 Å². The maximum Gasteiger partial charge on any atom is 0.290 e. The fourth-order valence-electron chi connectivity index (χ4n) is 0.433. The van der Waals surface area contributed by atoms with Crippen LogP contribution in [0.1, 0.15) is 5.56 Å². The Morgan fingerprint density at radius 1 is 1.44 bits per heavy atom. The zero-order valence-electron chi connectivity index (χ0n) is 4.90. The van der Waals surface area contributed by atoms with Crippen LogP contribution in [0.4, 0.5) is 5.95 Å². The SMILES string of the molecule is Cc1cnc(N=O)nc1. The molecule has 0 aliphatic heterocycles. The number of nitroso groups, excluding NO2 is 1. The molecule has 0 aliphatic carbocycles. The second-order valence-electron chi connectivity index (χ2n) is 1.65. The standard InChI is InChI=1S/C5H5N3O/c1-4-2-6-5(8-9)7-3-4/h2-3H,1H3. The molecule has 1 rings (SSSR count). The van der Waals surface area contributed by atoms with E-state index in [0.29, 0.717) is 0 Å². The van der Waals surface area contributed by atoms with E-state index in [0.717, 1.165) is 5.56 Å². The van der Waals surface area contributed by atoms with Crippen LogP contribution in [-0.2, 0) is 0 Å². The third-order valence-corrected chi connectivity index (χ3v) is 0.849. The van der Waals surface area contributed by atoms with Crippen molar-refractivity contribution in [1.82, 2.24) is 9.97 Å². The molecule has 0 aromatic carbocycles. The number of aromatic nitrogens is 2.